The molecule has 3 aromatic carbocycles. The van der Waals surface area contributed by atoms with E-state index in [1.54, 1.807) is 6.92 Å². The van der Waals surface area contributed by atoms with E-state index in [-0.39, 0.29) is 0 Å². The number of rotatable bonds is 7. The molecule has 0 bridgehead atoms. The molecular formula is C27H27N3O2. The first-order valence-corrected chi connectivity index (χ1v) is 10.7. The Hall–Kier alpha value is -3.57. The molecule has 5 heteroatoms. The minimum Gasteiger partial charge on any atom is -0.487 e. The summed E-state index contributed by atoms with van der Waals surface area (Å²) in [6, 6.07) is 27.5. The van der Waals surface area contributed by atoms with E-state index in [4.69, 9.17) is 19.7 Å². The molecule has 0 amide bonds. The molecule has 1 unspecified atom stereocenters. The molecule has 0 fully saturated rings. The molecule has 0 saturated carbocycles. The van der Waals surface area contributed by atoms with E-state index in [9.17, 15) is 5.11 Å². The molecule has 0 aliphatic rings. The van der Waals surface area contributed by atoms with Crippen LogP contribution in [0.15, 0.2) is 84.9 Å². The summed E-state index contributed by atoms with van der Waals surface area (Å²) in [5, 5.41) is 9.86. The molecule has 4 rings (SSSR count). The zero-order chi connectivity index (χ0) is 22.6. The van der Waals surface area contributed by atoms with Crippen LogP contribution in [0.5, 0.6) is 5.75 Å². The molecule has 0 saturated heterocycles. The Morgan fingerprint density at radius 2 is 1.19 bits per heavy atom. The fraction of sp³-hybridized carbons (Fsp3) is 0.222. The third-order valence-electron chi connectivity index (χ3n) is 5.00. The van der Waals surface area contributed by atoms with Gasteiger partial charge in [0.15, 0.2) is 17.5 Å². The fourth-order valence-electron chi connectivity index (χ4n) is 3.72. The van der Waals surface area contributed by atoms with Crippen LogP contribution in [0.25, 0.3) is 34.2 Å². The fourth-order valence-corrected chi connectivity index (χ4v) is 3.72. The highest BCUT2D eigenvalue weighted by Gasteiger charge is 2.24. The van der Waals surface area contributed by atoms with Crippen LogP contribution in [-0.2, 0) is 0 Å². The number of nitrogens with zero attached hydrogens (tertiary/aromatic N) is 3. The van der Waals surface area contributed by atoms with E-state index < -0.39 is 11.7 Å². The molecule has 162 valence electrons. The SMILES string of the molecule is CC(O)CC(C)(C)Oc1ccccc1-c1nc(-c2ccccc2)nc(-c2ccccc2)n1. The largest absolute Gasteiger partial charge is 0.487 e. The molecule has 0 aliphatic carbocycles. The van der Waals surface area contributed by atoms with Gasteiger partial charge in [0, 0.05) is 17.5 Å². The lowest BCUT2D eigenvalue weighted by atomic mass is 10.0. The maximum atomic E-state index is 9.86. The van der Waals surface area contributed by atoms with E-state index >= 15 is 0 Å². The molecule has 0 spiro atoms. The first kappa shape index (κ1) is 21.7. The summed E-state index contributed by atoms with van der Waals surface area (Å²) in [5.74, 6) is 2.42. The van der Waals surface area contributed by atoms with Gasteiger partial charge in [0.1, 0.15) is 11.4 Å². The Bertz CT molecular complexity index is 1120. The zero-order valence-corrected chi connectivity index (χ0v) is 18.6. The molecular weight excluding hydrogens is 398 g/mol. The maximum Gasteiger partial charge on any atom is 0.167 e. The molecule has 5 nitrogen and oxygen atoms in total. The zero-order valence-electron chi connectivity index (χ0n) is 18.6. The van der Waals surface area contributed by atoms with Crippen molar-refractivity contribution in [1.29, 1.82) is 0 Å². The standard InChI is InChI=1S/C27H27N3O2/c1-19(31)18-27(2,3)32-23-17-11-10-16-22(23)26-29-24(20-12-6-4-7-13-20)28-25(30-26)21-14-8-5-9-15-21/h4-17,19,31H,18H2,1-3H3. The summed E-state index contributed by atoms with van der Waals surface area (Å²) in [5.41, 5.74) is 2.06. The van der Waals surface area contributed by atoms with E-state index in [0.29, 0.717) is 29.6 Å². The predicted octanol–water partition coefficient (Wildman–Crippen LogP) is 5.80. The average Bonchev–Trinajstić information content (AvgIpc) is 2.79. The second kappa shape index (κ2) is 9.28. The number of hydrogen-bond donors (Lipinski definition) is 1. The van der Waals surface area contributed by atoms with Crippen LogP contribution in [0.1, 0.15) is 27.2 Å². The van der Waals surface area contributed by atoms with Crippen LogP contribution in [0.2, 0.25) is 0 Å². The molecule has 0 radical (unpaired) electrons. The molecule has 1 heterocycles. The van der Waals surface area contributed by atoms with Crippen molar-refractivity contribution in [3.63, 3.8) is 0 Å². The summed E-state index contributed by atoms with van der Waals surface area (Å²) in [6.45, 7) is 5.70. The van der Waals surface area contributed by atoms with Crippen LogP contribution in [0.3, 0.4) is 0 Å². The summed E-state index contributed by atoms with van der Waals surface area (Å²) < 4.78 is 6.33. The van der Waals surface area contributed by atoms with Crippen molar-refractivity contribution in [1.82, 2.24) is 15.0 Å². The van der Waals surface area contributed by atoms with Gasteiger partial charge in [-0.1, -0.05) is 72.8 Å². The van der Waals surface area contributed by atoms with Crippen LogP contribution < -0.4 is 4.74 Å². The van der Waals surface area contributed by atoms with Crippen molar-refractivity contribution in [3.05, 3.63) is 84.9 Å². The lowest BCUT2D eigenvalue weighted by Crippen LogP contribution is -2.32. The highest BCUT2D eigenvalue weighted by Crippen LogP contribution is 2.33. The molecule has 4 aromatic rings. The lowest BCUT2D eigenvalue weighted by molar-refractivity contribution is 0.0460. The van der Waals surface area contributed by atoms with Crippen LogP contribution >= 0.6 is 0 Å². The second-order valence-corrected chi connectivity index (χ2v) is 8.45. The third kappa shape index (κ3) is 5.18. The van der Waals surface area contributed by atoms with Gasteiger partial charge < -0.3 is 9.84 Å². The normalized spacial score (nSPS) is 12.4. The average molecular weight is 426 g/mol. The van der Waals surface area contributed by atoms with Crippen molar-refractivity contribution < 1.29 is 9.84 Å². The number of hydrogen-bond acceptors (Lipinski definition) is 5. The van der Waals surface area contributed by atoms with Gasteiger partial charge >= 0.3 is 0 Å². The van der Waals surface area contributed by atoms with Crippen LogP contribution in [0.4, 0.5) is 0 Å². The van der Waals surface area contributed by atoms with Gasteiger partial charge in [0.25, 0.3) is 0 Å². The number of ether oxygens (including phenoxy) is 1. The summed E-state index contributed by atoms with van der Waals surface area (Å²) in [6.07, 6.45) is 0.0343. The lowest BCUT2D eigenvalue weighted by Gasteiger charge is -2.28. The molecule has 1 atom stereocenters. The van der Waals surface area contributed by atoms with Gasteiger partial charge in [-0.25, -0.2) is 15.0 Å². The van der Waals surface area contributed by atoms with Crippen molar-refractivity contribution >= 4 is 0 Å². The Morgan fingerprint density at radius 3 is 1.72 bits per heavy atom. The van der Waals surface area contributed by atoms with E-state index in [1.165, 1.54) is 0 Å². The first-order chi connectivity index (χ1) is 15.4. The van der Waals surface area contributed by atoms with Crippen molar-refractivity contribution in [3.8, 4) is 39.9 Å². The Balaban J connectivity index is 1.84. The third-order valence-corrected chi connectivity index (χ3v) is 5.00. The van der Waals surface area contributed by atoms with Gasteiger partial charge in [0.2, 0.25) is 0 Å². The van der Waals surface area contributed by atoms with Crippen LogP contribution in [0, 0.1) is 0 Å². The summed E-state index contributed by atoms with van der Waals surface area (Å²) in [7, 11) is 0. The van der Waals surface area contributed by atoms with E-state index in [2.05, 4.69) is 0 Å². The minimum absolute atomic E-state index is 0.469. The van der Waals surface area contributed by atoms with Crippen LogP contribution in [-0.4, -0.2) is 31.8 Å². The van der Waals surface area contributed by atoms with E-state index in [1.807, 2.05) is 98.8 Å². The molecule has 32 heavy (non-hydrogen) atoms. The van der Waals surface area contributed by atoms with Crippen molar-refractivity contribution in [2.45, 2.75) is 38.9 Å². The molecule has 1 aromatic heterocycles. The number of para-hydroxylation sites is 1. The highest BCUT2D eigenvalue weighted by molar-refractivity contribution is 5.69. The Kier molecular flexibility index (Phi) is 6.28. The maximum absolute atomic E-state index is 9.86. The minimum atomic E-state index is -0.554. The smallest absolute Gasteiger partial charge is 0.167 e. The molecule has 1 N–H and O–H groups in total. The van der Waals surface area contributed by atoms with E-state index in [0.717, 1.165) is 16.7 Å². The van der Waals surface area contributed by atoms with Gasteiger partial charge in [-0.2, -0.15) is 0 Å². The molecule has 0 aliphatic heterocycles. The highest BCUT2D eigenvalue weighted by atomic mass is 16.5. The number of aromatic nitrogens is 3. The summed E-state index contributed by atoms with van der Waals surface area (Å²) >= 11 is 0. The van der Waals surface area contributed by atoms with Gasteiger partial charge in [-0.3, -0.25) is 0 Å². The predicted molar refractivity (Wildman–Crippen MR) is 127 cm³/mol. The quantitative estimate of drug-likeness (QED) is 0.405. The second-order valence-electron chi connectivity index (χ2n) is 8.45. The Labute approximate surface area is 188 Å². The monoisotopic (exact) mass is 425 g/mol. The van der Waals surface area contributed by atoms with Crippen molar-refractivity contribution in [2.24, 2.45) is 0 Å². The number of aliphatic hydroxyl groups excluding tert-OH is 1. The Morgan fingerprint density at radius 1 is 0.719 bits per heavy atom. The first-order valence-electron chi connectivity index (χ1n) is 10.7. The number of benzene rings is 3. The topological polar surface area (TPSA) is 68.1 Å². The van der Waals surface area contributed by atoms with Crippen molar-refractivity contribution in [2.75, 3.05) is 0 Å². The van der Waals surface area contributed by atoms with Gasteiger partial charge in [-0.15, -0.1) is 0 Å². The number of aliphatic hydroxyl groups is 1. The van der Waals surface area contributed by atoms with Gasteiger partial charge in [0.05, 0.1) is 11.7 Å². The summed E-state index contributed by atoms with van der Waals surface area (Å²) in [4.78, 5) is 14.3. The van der Waals surface area contributed by atoms with Gasteiger partial charge in [-0.05, 0) is 32.9 Å².